The number of aryl methyl sites for hydroxylation is 1. The summed E-state index contributed by atoms with van der Waals surface area (Å²) in [5.41, 5.74) is 4.65. The minimum Gasteiger partial charge on any atom is -0.298 e. The van der Waals surface area contributed by atoms with Gasteiger partial charge in [0.15, 0.2) is 11.2 Å². The van der Waals surface area contributed by atoms with E-state index in [2.05, 4.69) is 22.4 Å². The SMILES string of the molecule is CCCC(C)=NNc1nc2c(c(=O)n(C)c(=O)n2C)n1Cc1ccc(Cl)cc1. The van der Waals surface area contributed by atoms with E-state index in [1.807, 2.05) is 19.1 Å². The first kappa shape index (κ1) is 19.9. The molecule has 0 aliphatic heterocycles. The van der Waals surface area contributed by atoms with Gasteiger partial charge in [-0.3, -0.25) is 18.5 Å². The van der Waals surface area contributed by atoms with E-state index in [-0.39, 0.29) is 0 Å². The zero-order chi connectivity index (χ0) is 20.4. The number of hydrazone groups is 1. The molecule has 0 radical (unpaired) electrons. The van der Waals surface area contributed by atoms with Crippen LogP contribution in [0.15, 0.2) is 39.0 Å². The number of nitrogens with one attached hydrogen (secondary N) is 1. The fourth-order valence-corrected chi connectivity index (χ4v) is 3.15. The van der Waals surface area contributed by atoms with Gasteiger partial charge < -0.3 is 0 Å². The van der Waals surface area contributed by atoms with Crippen LogP contribution in [-0.4, -0.2) is 24.4 Å². The van der Waals surface area contributed by atoms with Gasteiger partial charge in [-0.15, -0.1) is 0 Å². The van der Waals surface area contributed by atoms with E-state index in [0.717, 1.165) is 28.7 Å². The smallest absolute Gasteiger partial charge is 0.298 e. The van der Waals surface area contributed by atoms with Crippen LogP contribution in [0, 0.1) is 0 Å². The van der Waals surface area contributed by atoms with Crippen molar-refractivity contribution in [2.75, 3.05) is 5.43 Å². The van der Waals surface area contributed by atoms with E-state index in [0.29, 0.717) is 28.7 Å². The number of hydrogen-bond donors (Lipinski definition) is 1. The molecule has 0 aliphatic carbocycles. The van der Waals surface area contributed by atoms with E-state index in [1.165, 1.54) is 11.6 Å². The third-order valence-corrected chi connectivity index (χ3v) is 4.81. The van der Waals surface area contributed by atoms with E-state index in [9.17, 15) is 9.59 Å². The maximum Gasteiger partial charge on any atom is 0.332 e. The first-order chi connectivity index (χ1) is 13.3. The average molecular weight is 403 g/mol. The second-order valence-corrected chi connectivity index (χ2v) is 7.17. The molecular weight excluding hydrogens is 380 g/mol. The normalized spacial score (nSPS) is 12.0. The molecule has 28 heavy (non-hydrogen) atoms. The lowest BCUT2D eigenvalue weighted by molar-refractivity contribution is 0.702. The van der Waals surface area contributed by atoms with E-state index < -0.39 is 11.2 Å². The van der Waals surface area contributed by atoms with Crippen molar-refractivity contribution in [3.8, 4) is 0 Å². The molecule has 0 aliphatic rings. The van der Waals surface area contributed by atoms with Crippen molar-refractivity contribution in [2.45, 2.75) is 33.2 Å². The van der Waals surface area contributed by atoms with Crippen molar-refractivity contribution in [1.29, 1.82) is 0 Å². The Bertz CT molecular complexity index is 1150. The molecule has 0 saturated carbocycles. The quantitative estimate of drug-likeness (QED) is 0.507. The molecule has 3 rings (SSSR count). The van der Waals surface area contributed by atoms with Crippen LogP contribution in [0.4, 0.5) is 5.95 Å². The highest BCUT2D eigenvalue weighted by Gasteiger charge is 2.19. The van der Waals surface area contributed by atoms with Gasteiger partial charge in [-0.25, -0.2) is 10.2 Å². The fraction of sp³-hybridized carbons (Fsp3) is 0.368. The lowest BCUT2D eigenvalue weighted by Crippen LogP contribution is -2.37. The standard InChI is InChI=1S/C19H23ClN6O2/c1-5-6-12(2)22-23-18-21-16-15(17(27)25(4)19(28)24(16)3)26(18)11-13-7-9-14(20)10-8-13/h7-10H,5-6,11H2,1-4H3,(H,21,23). The molecule has 148 valence electrons. The monoisotopic (exact) mass is 402 g/mol. The molecule has 3 aromatic rings. The molecule has 0 amide bonds. The Labute approximate surface area is 167 Å². The third kappa shape index (κ3) is 3.73. The molecule has 8 nitrogen and oxygen atoms in total. The molecule has 1 aromatic carbocycles. The second kappa shape index (κ2) is 8.02. The van der Waals surface area contributed by atoms with Crippen LogP contribution < -0.4 is 16.7 Å². The minimum atomic E-state index is -0.425. The molecule has 0 atom stereocenters. The van der Waals surface area contributed by atoms with Crippen molar-refractivity contribution < 1.29 is 0 Å². The summed E-state index contributed by atoms with van der Waals surface area (Å²) in [4.78, 5) is 29.6. The maximum absolute atomic E-state index is 12.8. The van der Waals surface area contributed by atoms with Gasteiger partial charge in [0.1, 0.15) is 0 Å². The highest BCUT2D eigenvalue weighted by Crippen LogP contribution is 2.19. The molecule has 0 spiro atoms. The Morgan fingerprint density at radius 1 is 1.18 bits per heavy atom. The number of aromatic nitrogens is 4. The van der Waals surface area contributed by atoms with Gasteiger partial charge in [0, 0.05) is 24.8 Å². The number of anilines is 1. The van der Waals surface area contributed by atoms with Crippen molar-refractivity contribution in [3.63, 3.8) is 0 Å². The van der Waals surface area contributed by atoms with E-state index >= 15 is 0 Å². The summed E-state index contributed by atoms with van der Waals surface area (Å²) < 4.78 is 4.18. The van der Waals surface area contributed by atoms with Crippen molar-refractivity contribution >= 4 is 34.4 Å². The summed E-state index contributed by atoms with van der Waals surface area (Å²) in [7, 11) is 3.06. The predicted octanol–water partition coefficient (Wildman–Crippen LogP) is 2.72. The molecular formula is C19H23ClN6O2. The fourth-order valence-electron chi connectivity index (χ4n) is 3.02. The van der Waals surface area contributed by atoms with Gasteiger partial charge in [-0.2, -0.15) is 10.1 Å². The molecule has 0 saturated heterocycles. The summed E-state index contributed by atoms with van der Waals surface area (Å²) in [6.07, 6.45) is 1.83. The Morgan fingerprint density at radius 2 is 1.86 bits per heavy atom. The van der Waals surface area contributed by atoms with E-state index in [1.54, 1.807) is 23.7 Å². The van der Waals surface area contributed by atoms with Crippen LogP contribution in [0.3, 0.4) is 0 Å². The second-order valence-electron chi connectivity index (χ2n) is 6.73. The van der Waals surface area contributed by atoms with Gasteiger partial charge in [0.25, 0.3) is 5.56 Å². The Balaban J connectivity index is 2.20. The summed E-state index contributed by atoms with van der Waals surface area (Å²) in [6.45, 7) is 4.39. The Hall–Kier alpha value is -2.87. The van der Waals surface area contributed by atoms with E-state index in [4.69, 9.17) is 11.6 Å². The third-order valence-electron chi connectivity index (χ3n) is 4.56. The van der Waals surface area contributed by atoms with Gasteiger partial charge in [-0.05, 0) is 31.0 Å². The van der Waals surface area contributed by atoms with Crippen LogP contribution in [0.25, 0.3) is 11.2 Å². The highest BCUT2D eigenvalue weighted by molar-refractivity contribution is 6.30. The maximum atomic E-state index is 12.8. The Kier molecular flexibility index (Phi) is 5.69. The van der Waals surface area contributed by atoms with Gasteiger partial charge in [0.2, 0.25) is 5.95 Å². The van der Waals surface area contributed by atoms with Crippen molar-refractivity contribution in [3.05, 3.63) is 55.7 Å². The number of hydrogen-bond acceptors (Lipinski definition) is 5. The topological polar surface area (TPSA) is 86.2 Å². The number of benzene rings is 1. The molecule has 2 aromatic heterocycles. The lowest BCUT2D eigenvalue weighted by atomic mass is 10.2. The van der Waals surface area contributed by atoms with Gasteiger partial charge >= 0.3 is 5.69 Å². The van der Waals surface area contributed by atoms with Crippen LogP contribution in [0.5, 0.6) is 0 Å². The first-order valence-corrected chi connectivity index (χ1v) is 9.41. The summed E-state index contributed by atoms with van der Waals surface area (Å²) in [5, 5.41) is 5.00. The number of rotatable bonds is 6. The largest absolute Gasteiger partial charge is 0.332 e. The summed E-state index contributed by atoms with van der Waals surface area (Å²) in [6, 6.07) is 7.35. The van der Waals surface area contributed by atoms with Crippen molar-refractivity contribution in [1.82, 2.24) is 18.7 Å². The number of nitrogens with zero attached hydrogens (tertiary/aromatic N) is 5. The van der Waals surface area contributed by atoms with Crippen LogP contribution in [-0.2, 0) is 20.6 Å². The molecule has 2 heterocycles. The van der Waals surface area contributed by atoms with Crippen LogP contribution in [0.1, 0.15) is 32.3 Å². The molecule has 0 bridgehead atoms. The minimum absolute atomic E-state index is 0.313. The van der Waals surface area contributed by atoms with Gasteiger partial charge in [0.05, 0.1) is 6.54 Å². The van der Waals surface area contributed by atoms with Gasteiger partial charge in [-0.1, -0.05) is 37.1 Å². The Morgan fingerprint density at radius 3 is 2.50 bits per heavy atom. The summed E-state index contributed by atoms with van der Waals surface area (Å²) in [5.74, 6) is 0.402. The number of halogens is 1. The zero-order valence-corrected chi connectivity index (χ0v) is 17.1. The summed E-state index contributed by atoms with van der Waals surface area (Å²) >= 11 is 5.98. The lowest BCUT2D eigenvalue weighted by Gasteiger charge is -2.10. The van der Waals surface area contributed by atoms with Crippen LogP contribution >= 0.6 is 11.6 Å². The van der Waals surface area contributed by atoms with Crippen LogP contribution in [0.2, 0.25) is 5.02 Å². The molecule has 0 fully saturated rings. The first-order valence-electron chi connectivity index (χ1n) is 9.03. The molecule has 0 unspecified atom stereocenters. The molecule has 9 heteroatoms. The van der Waals surface area contributed by atoms with Crippen molar-refractivity contribution in [2.24, 2.45) is 19.2 Å². The highest BCUT2D eigenvalue weighted by atomic mass is 35.5. The number of imidazole rings is 1. The zero-order valence-electron chi connectivity index (χ0n) is 16.4. The predicted molar refractivity (Wildman–Crippen MR) is 112 cm³/mol. The molecule has 1 N–H and O–H groups in total. The number of fused-ring (bicyclic) bond motifs is 1. The average Bonchev–Trinajstić information content (AvgIpc) is 3.03.